The minimum absolute atomic E-state index is 0.603. The zero-order chi connectivity index (χ0) is 16.9. The van der Waals surface area contributed by atoms with Crippen molar-refractivity contribution in [1.82, 2.24) is 25.4 Å². The van der Waals surface area contributed by atoms with Crippen LogP contribution in [-0.4, -0.2) is 46.6 Å². The van der Waals surface area contributed by atoms with Crippen LogP contribution < -0.4 is 10.6 Å². The zero-order valence-corrected chi connectivity index (χ0v) is 15.9. The average Bonchev–Trinajstić information content (AvgIpc) is 3.01. The van der Waals surface area contributed by atoms with Crippen LogP contribution in [-0.2, 0) is 6.42 Å². The summed E-state index contributed by atoms with van der Waals surface area (Å²) in [6, 6.07) is 1.21. The Kier molecular flexibility index (Phi) is 6.03. The number of aliphatic imine (C=N–C) groups is 1. The summed E-state index contributed by atoms with van der Waals surface area (Å²) in [6.07, 6.45) is 10.6. The Balaban J connectivity index is 1.48. The van der Waals surface area contributed by atoms with E-state index in [0.717, 1.165) is 42.2 Å². The normalized spacial score (nSPS) is 24.4. The van der Waals surface area contributed by atoms with E-state index in [-0.39, 0.29) is 0 Å². The molecule has 0 radical (unpaired) electrons. The smallest absolute Gasteiger partial charge is 0.191 e. The van der Waals surface area contributed by atoms with Crippen LogP contribution in [0.3, 0.4) is 0 Å². The van der Waals surface area contributed by atoms with Gasteiger partial charge in [-0.3, -0.25) is 4.99 Å². The van der Waals surface area contributed by atoms with Gasteiger partial charge in [-0.1, -0.05) is 31.5 Å². The molecule has 0 saturated heterocycles. The van der Waals surface area contributed by atoms with Gasteiger partial charge in [-0.2, -0.15) is 0 Å². The highest BCUT2D eigenvalue weighted by atomic mass is 32.2. The van der Waals surface area contributed by atoms with Crippen molar-refractivity contribution in [1.29, 1.82) is 0 Å². The Bertz CT molecular complexity index is 563. The number of hydrogen-bond acceptors (Lipinski definition) is 4. The second-order valence-corrected chi connectivity index (χ2v) is 7.75. The summed E-state index contributed by atoms with van der Waals surface area (Å²) in [7, 11) is 1.84. The van der Waals surface area contributed by atoms with Crippen molar-refractivity contribution in [2.24, 2.45) is 10.9 Å². The molecule has 0 aliphatic heterocycles. The molecule has 0 bridgehead atoms. The lowest BCUT2D eigenvalue weighted by atomic mass is 10.2. The molecule has 1 aromatic rings. The van der Waals surface area contributed by atoms with E-state index < -0.39 is 0 Å². The minimum atomic E-state index is 0.603. The number of aromatic nitrogens is 3. The van der Waals surface area contributed by atoms with Gasteiger partial charge in [0.2, 0.25) is 0 Å². The van der Waals surface area contributed by atoms with Gasteiger partial charge in [-0.05, 0) is 37.9 Å². The third-order valence-corrected chi connectivity index (χ3v) is 5.78. The first-order chi connectivity index (χ1) is 11.7. The molecule has 2 aliphatic rings. The number of rotatable bonds is 7. The number of thioether (sulfide) groups is 1. The number of hydrogen-bond donors (Lipinski definition) is 2. The molecule has 0 amide bonds. The molecule has 3 rings (SSSR count). The Hall–Kier alpha value is -1.24. The second-order valence-electron chi connectivity index (χ2n) is 6.98. The highest BCUT2D eigenvalue weighted by molar-refractivity contribution is 7.98. The molecule has 1 aromatic heterocycles. The maximum atomic E-state index is 4.46. The molecular weight excluding hydrogens is 320 g/mol. The summed E-state index contributed by atoms with van der Waals surface area (Å²) >= 11 is 1.71. The summed E-state index contributed by atoms with van der Waals surface area (Å²) in [4.78, 5) is 4.30. The molecule has 7 heteroatoms. The van der Waals surface area contributed by atoms with Crippen molar-refractivity contribution in [3.8, 4) is 0 Å². The monoisotopic (exact) mass is 350 g/mol. The maximum absolute atomic E-state index is 4.46. The number of aryl methyl sites for hydroxylation is 1. The van der Waals surface area contributed by atoms with E-state index in [1.807, 2.05) is 7.05 Å². The van der Waals surface area contributed by atoms with Crippen LogP contribution in [0.4, 0.5) is 0 Å². The molecule has 2 atom stereocenters. The largest absolute Gasteiger partial charge is 0.356 e. The molecule has 6 nitrogen and oxygen atoms in total. The van der Waals surface area contributed by atoms with Gasteiger partial charge >= 0.3 is 0 Å². The van der Waals surface area contributed by atoms with Crippen LogP contribution in [0.5, 0.6) is 0 Å². The first-order valence-corrected chi connectivity index (χ1v) is 10.4. The predicted octanol–water partition coefficient (Wildman–Crippen LogP) is 2.62. The quantitative estimate of drug-likeness (QED) is 0.342. The second kappa shape index (κ2) is 8.23. The zero-order valence-electron chi connectivity index (χ0n) is 15.1. The fraction of sp³-hybridized carbons (Fsp3) is 0.824. The van der Waals surface area contributed by atoms with Gasteiger partial charge in [0.05, 0.1) is 0 Å². The van der Waals surface area contributed by atoms with Gasteiger partial charge < -0.3 is 15.2 Å². The number of guanidine groups is 1. The lowest BCUT2D eigenvalue weighted by Gasteiger charge is -2.16. The van der Waals surface area contributed by atoms with E-state index >= 15 is 0 Å². The molecule has 2 fully saturated rings. The van der Waals surface area contributed by atoms with E-state index in [0.29, 0.717) is 12.1 Å². The van der Waals surface area contributed by atoms with Crippen LogP contribution in [0.1, 0.15) is 57.3 Å². The average molecular weight is 351 g/mol. The molecule has 134 valence electrons. The molecule has 0 aromatic carbocycles. The molecule has 2 aliphatic carbocycles. The highest BCUT2D eigenvalue weighted by Gasteiger charge is 2.33. The van der Waals surface area contributed by atoms with Crippen LogP contribution in [0.15, 0.2) is 10.1 Å². The Morgan fingerprint density at radius 1 is 1.33 bits per heavy atom. The number of nitrogens with zero attached hydrogens (tertiary/aromatic N) is 4. The van der Waals surface area contributed by atoms with Crippen LogP contribution in [0.2, 0.25) is 0 Å². The Labute approximate surface area is 149 Å². The van der Waals surface area contributed by atoms with Gasteiger partial charge in [-0.25, -0.2) is 0 Å². The number of nitrogens with one attached hydrogen (secondary N) is 2. The highest BCUT2D eigenvalue weighted by Crippen LogP contribution is 2.33. The Morgan fingerprint density at radius 2 is 2.08 bits per heavy atom. The first kappa shape index (κ1) is 17.6. The van der Waals surface area contributed by atoms with Gasteiger partial charge in [0, 0.05) is 32.1 Å². The fourth-order valence-electron chi connectivity index (χ4n) is 3.49. The topological polar surface area (TPSA) is 67.1 Å². The molecule has 24 heavy (non-hydrogen) atoms. The van der Waals surface area contributed by atoms with E-state index in [4.69, 9.17) is 0 Å². The van der Waals surface area contributed by atoms with Gasteiger partial charge in [0.1, 0.15) is 5.82 Å². The van der Waals surface area contributed by atoms with Gasteiger partial charge in [-0.15, -0.1) is 10.2 Å². The van der Waals surface area contributed by atoms with Crippen molar-refractivity contribution in [3.63, 3.8) is 0 Å². The summed E-state index contributed by atoms with van der Waals surface area (Å²) in [5.74, 6) is 2.84. The standard InChI is InChI=1S/C17H30N6S/c1-12-11-14(12)20-16(18-2)19-10-6-9-15-21-22-17(24-3)23(15)13-7-4-5-8-13/h12-14H,4-11H2,1-3H3,(H2,18,19,20). The third kappa shape index (κ3) is 4.23. The minimum Gasteiger partial charge on any atom is -0.356 e. The van der Waals surface area contributed by atoms with Crippen molar-refractivity contribution in [3.05, 3.63) is 5.82 Å². The molecule has 0 spiro atoms. The molecular formula is C17H30N6S. The lowest BCUT2D eigenvalue weighted by Crippen LogP contribution is -2.39. The van der Waals surface area contributed by atoms with Crippen LogP contribution >= 0.6 is 11.8 Å². The fourth-order valence-corrected chi connectivity index (χ4v) is 4.07. The van der Waals surface area contributed by atoms with Crippen LogP contribution in [0.25, 0.3) is 0 Å². The maximum Gasteiger partial charge on any atom is 0.191 e. The SMILES string of the molecule is CN=C(NCCCc1nnc(SC)n1C1CCCC1)NC1CC1C. The molecule has 2 saturated carbocycles. The van der Waals surface area contributed by atoms with Crippen molar-refractivity contribution in [2.75, 3.05) is 19.8 Å². The molecule has 1 heterocycles. The first-order valence-electron chi connectivity index (χ1n) is 9.18. The van der Waals surface area contributed by atoms with Crippen LogP contribution in [0, 0.1) is 5.92 Å². The van der Waals surface area contributed by atoms with E-state index in [2.05, 4.69) is 43.6 Å². The van der Waals surface area contributed by atoms with E-state index in [9.17, 15) is 0 Å². The van der Waals surface area contributed by atoms with Crippen molar-refractivity contribution < 1.29 is 0 Å². The summed E-state index contributed by atoms with van der Waals surface area (Å²) in [5.41, 5.74) is 0. The van der Waals surface area contributed by atoms with Gasteiger partial charge in [0.15, 0.2) is 11.1 Å². The molecule has 2 N–H and O–H groups in total. The van der Waals surface area contributed by atoms with E-state index in [1.165, 1.54) is 32.1 Å². The lowest BCUT2D eigenvalue weighted by molar-refractivity contribution is 0.460. The van der Waals surface area contributed by atoms with E-state index in [1.54, 1.807) is 11.8 Å². The summed E-state index contributed by atoms with van der Waals surface area (Å²) in [6.45, 7) is 3.18. The molecule has 2 unspecified atom stereocenters. The third-order valence-electron chi connectivity index (χ3n) is 5.13. The Morgan fingerprint density at radius 3 is 2.71 bits per heavy atom. The van der Waals surface area contributed by atoms with Gasteiger partial charge in [0.25, 0.3) is 0 Å². The van der Waals surface area contributed by atoms with Crippen molar-refractivity contribution in [2.45, 2.75) is 69.1 Å². The predicted molar refractivity (Wildman–Crippen MR) is 99.7 cm³/mol. The van der Waals surface area contributed by atoms with Crippen molar-refractivity contribution >= 4 is 17.7 Å². The summed E-state index contributed by atoms with van der Waals surface area (Å²) < 4.78 is 2.40. The summed E-state index contributed by atoms with van der Waals surface area (Å²) in [5, 5.41) is 16.8.